The van der Waals surface area contributed by atoms with E-state index in [1.54, 1.807) is 17.0 Å². The van der Waals surface area contributed by atoms with Crippen LogP contribution in [0.3, 0.4) is 0 Å². The number of oxazole rings is 1. The largest absolute Gasteiger partial charge is 0.444 e. The summed E-state index contributed by atoms with van der Waals surface area (Å²) in [6.45, 7) is -0.0505. The molecule has 1 aromatic carbocycles. The number of aromatic nitrogens is 3. The van der Waals surface area contributed by atoms with Gasteiger partial charge in [-0.3, -0.25) is 0 Å². The highest BCUT2D eigenvalue weighted by molar-refractivity contribution is 5.58. The third-order valence-electron chi connectivity index (χ3n) is 3.09. The summed E-state index contributed by atoms with van der Waals surface area (Å²) >= 11 is 0. The number of benzene rings is 1. The van der Waals surface area contributed by atoms with E-state index in [0.717, 1.165) is 5.56 Å². The van der Waals surface area contributed by atoms with E-state index in [0.29, 0.717) is 17.4 Å². The van der Waals surface area contributed by atoms with Crippen molar-refractivity contribution in [3.05, 3.63) is 49.0 Å². The molecule has 2 aromatic heterocycles. The van der Waals surface area contributed by atoms with Crippen LogP contribution in [0.1, 0.15) is 0 Å². The molecule has 0 bridgehead atoms. The molecule has 2 N–H and O–H groups in total. The van der Waals surface area contributed by atoms with Crippen LogP contribution in [0.25, 0.3) is 23.0 Å². The van der Waals surface area contributed by atoms with Gasteiger partial charge in [-0.05, 0) is 12.1 Å². The first-order valence-corrected chi connectivity index (χ1v) is 6.59. The smallest absolute Gasteiger partial charge is 0.226 e. The van der Waals surface area contributed by atoms with E-state index in [2.05, 4.69) is 9.97 Å². The fourth-order valence-electron chi connectivity index (χ4n) is 2.06. The molecule has 2 heterocycles. The van der Waals surface area contributed by atoms with Gasteiger partial charge < -0.3 is 19.2 Å². The van der Waals surface area contributed by atoms with Crippen molar-refractivity contribution < 1.29 is 14.6 Å². The van der Waals surface area contributed by atoms with Crippen molar-refractivity contribution >= 4 is 0 Å². The number of hydrogen-bond donors (Lipinski definition) is 2. The topological polar surface area (TPSA) is 84.3 Å². The standard InChI is InChI=1S/C15H15N3O3/c19-9-12(20)8-18-7-6-16-14(18)13-10-21-15(17-13)11-4-2-1-3-5-11/h1-7,10,12,19-20H,8-9H2. The molecule has 1 unspecified atom stereocenters. The Morgan fingerprint density at radius 3 is 2.81 bits per heavy atom. The van der Waals surface area contributed by atoms with Crippen molar-refractivity contribution in [2.75, 3.05) is 6.61 Å². The first kappa shape index (κ1) is 13.5. The highest BCUT2D eigenvalue weighted by Crippen LogP contribution is 2.23. The molecule has 6 nitrogen and oxygen atoms in total. The zero-order valence-electron chi connectivity index (χ0n) is 11.3. The van der Waals surface area contributed by atoms with Crippen LogP contribution in [0.2, 0.25) is 0 Å². The summed E-state index contributed by atoms with van der Waals surface area (Å²) in [6, 6.07) is 9.58. The zero-order chi connectivity index (χ0) is 14.7. The molecular weight excluding hydrogens is 270 g/mol. The predicted octanol–water partition coefficient (Wildman–Crippen LogP) is 1.56. The molecule has 0 aliphatic rings. The summed E-state index contributed by atoms with van der Waals surface area (Å²) in [4.78, 5) is 8.65. The lowest BCUT2D eigenvalue weighted by Gasteiger charge is -2.09. The van der Waals surface area contributed by atoms with E-state index in [-0.39, 0.29) is 13.2 Å². The van der Waals surface area contributed by atoms with Crippen LogP contribution < -0.4 is 0 Å². The lowest BCUT2D eigenvalue weighted by molar-refractivity contribution is 0.0815. The maximum atomic E-state index is 9.54. The maximum absolute atomic E-state index is 9.54. The minimum atomic E-state index is -0.835. The van der Waals surface area contributed by atoms with Gasteiger partial charge in [-0.1, -0.05) is 18.2 Å². The molecule has 0 saturated carbocycles. The monoisotopic (exact) mass is 285 g/mol. The Balaban J connectivity index is 1.89. The molecule has 0 saturated heterocycles. The fraction of sp³-hybridized carbons (Fsp3) is 0.200. The summed E-state index contributed by atoms with van der Waals surface area (Å²) in [5.74, 6) is 1.11. The van der Waals surface area contributed by atoms with Gasteiger partial charge in [-0.25, -0.2) is 9.97 Å². The van der Waals surface area contributed by atoms with Crippen LogP contribution in [0.5, 0.6) is 0 Å². The number of imidazole rings is 1. The Morgan fingerprint density at radius 2 is 2.05 bits per heavy atom. The Kier molecular flexibility index (Phi) is 3.81. The summed E-state index contributed by atoms with van der Waals surface area (Å²) in [6.07, 6.45) is 4.05. The van der Waals surface area contributed by atoms with Crippen LogP contribution in [0.15, 0.2) is 53.4 Å². The Labute approximate surface area is 121 Å². The lowest BCUT2D eigenvalue weighted by Crippen LogP contribution is -2.19. The van der Waals surface area contributed by atoms with Crippen LogP contribution in [0.4, 0.5) is 0 Å². The van der Waals surface area contributed by atoms with Gasteiger partial charge in [0, 0.05) is 18.0 Å². The number of aliphatic hydroxyl groups excluding tert-OH is 2. The van der Waals surface area contributed by atoms with Gasteiger partial charge in [0.1, 0.15) is 12.0 Å². The average molecular weight is 285 g/mol. The molecule has 6 heteroatoms. The lowest BCUT2D eigenvalue weighted by atomic mass is 10.2. The van der Waals surface area contributed by atoms with Crippen LogP contribution >= 0.6 is 0 Å². The highest BCUT2D eigenvalue weighted by atomic mass is 16.3. The van der Waals surface area contributed by atoms with E-state index in [1.165, 1.54) is 6.26 Å². The van der Waals surface area contributed by atoms with Gasteiger partial charge in [0.05, 0.1) is 19.3 Å². The molecule has 0 radical (unpaired) electrons. The average Bonchev–Trinajstić information content (AvgIpc) is 3.16. The zero-order valence-corrected chi connectivity index (χ0v) is 11.3. The second-order valence-electron chi connectivity index (χ2n) is 4.64. The fourth-order valence-corrected chi connectivity index (χ4v) is 2.06. The molecule has 0 fully saturated rings. The second-order valence-corrected chi connectivity index (χ2v) is 4.64. The molecule has 3 aromatic rings. The normalized spacial score (nSPS) is 12.5. The third kappa shape index (κ3) is 2.86. The molecule has 0 amide bonds. The van der Waals surface area contributed by atoms with E-state index < -0.39 is 6.10 Å². The van der Waals surface area contributed by atoms with Gasteiger partial charge in [0.15, 0.2) is 5.82 Å². The Morgan fingerprint density at radius 1 is 1.24 bits per heavy atom. The molecule has 3 rings (SSSR count). The first-order valence-electron chi connectivity index (χ1n) is 6.59. The molecule has 0 spiro atoms. The third-order valence-corrected chi connectivity index (χ3v) is 3.09. The molecule has 108 valence electrons. The Bertz CT molecular complexity index is 706. The summed E-state index contributed by atoms with van der Waals surface area (Å²) < 4.78 is 7.21. The van der Waals surface area contributed by atoms with Crippen molar-refractivity contribution in [3.63, 3.8) is 0 Å². The quantitative estimate of drug-likeness (QED) is 0.743. The van der Waals surface area contributed by atoms with Gasteiger partial charge in [0.2, 0.25) is 5.89 Å². The molecule has 21 heavy (non-hydrogen) atoms. The predicted molar refractivity (Wildman–Crippen MR) is 76.3 cm³/mol. The van der Waals surface area contributed by atoms with Crippen LogP contribution in [0, 0.1) is 0 Å². The van der Waals surface area contributed by atoms with E-state index in [1.807, 2.05) is 30.3 Å². The van der Waals surface area contributed by atoms with E-state index >= 15 is 0 Å². The summed E-state index contributed by atoms with van der Waals surface area (Å²) in [5.41, 5.74) is 1.47. The Hall–Kier alpha value is -2.44. The van der Waals surface area contributed by atoms with Gasteiger partial charge in [-0.15, -0.1) is 0 Å². The van der Waals surface area contributed by atoms with Crippen molar-refractivity contribution in [3.8, 4) is 23.0 Å². The van der Waals surface area contributed by atoms with Crippen LogP contribution in [-0.2, 0) is 6.54 Å². The van der Waals surface area contributed by atoms with Crippen LogP contribution in [-0.4, -0.2) is 37.5 Å². The molecule has 0 aliphatic heterocycles. The highest BCUT2D eigenvalue weighted by Gasteiger charge is 2.14. The van der Waals surface area contributed by atoms with Crippen molar-refractivity contribution in [2.24, 2.45) is 0 Å². The number of rotatable bonds is 5. The summed E-state index contributed by atoms with van der Waals surface area (Å²) in [7, 11) is 0. The first-order chi connectivity index (χ1) is 10.3. The molecule has 0 aliphatic carbocycles. The van der Waals surface area contributed by atoms with Gasteiger partial charge in [-0.2, -0.15) is 0 Å². The molecular formula is C15H15N3O3. The minimum Gasteiger partial charge on any atom is -0.444 e. The second kappa shape index (κ2) is 5.90. The summed E-state index contributed by atoms with van der Waals surface area (Å²) in [5, 5.41) is 18.5. The van der Waals surface area contributed by atoms with E-state index in [9.17, 15) is 5.11 Å². The van der Waals surface area contributed by atoms with Crippen molar-refractivity contribution in [2.45, 2.75) is 12.6 Å². The number of nitrogens with zero attached hydrogens (tertiary/aromatic N) is 3. The maximum Gasteiger partial charge on any atom is 0.226 e. The van der Waals surface area contributed by atoms with Crippen molar-refractivity contribution in [1.29, 1.82) is 0 Å². The minimum absolute atomic E-state index is 0.249. The van der Waals surface area contributed by atoms with E-state index in [4.69, 9.17) is 9.52 Å². The number of hydrogen-bond acceptors (Lipinski definition) is 5. The van der Waals surface area contributed by atoms with Gasteiger partial charge >= 0.3 is 0 Å². The SMILES string of the molecule is OCC(O)Cn1ccnc1-c1coc(-c2ccccc2)n1. The molecule has 1 atom stereocenters. The van der Waals surface area contributed by atoms with Crippen molar-refractivity contribution in [1.82, 2.24) is 14.5 Å². The number of aliphatic hydroxyl groups is 2. The van der Waals surface area contributed by atoms with Gasteiger partial charge in [0.25, 0.3) is 0 Å².